The van der Waals surface area contributed by atoms with Gasteiger partial charge in [-0.2, -0.15) is 4.98 Å². The van der Waals surface area contributed by atoms with Crippen molar-refractivity contribution in [1.82, 2.24) is 14.8 Å². The van der Waals surface area contributed by atoms with Crippen LogP contribution in [-0.4, -0.2) is 27.8 Å². The third kappa shape index (κ3) is 5.16. The molecule has 8 heteroatoms. The van der Waals surface area contributed by atoms with E-state index < -0.39 is 0 Å². The number of halogens is 1. The molecule has 2 atom stereocenters. The van der Waals surface area contributed by atoms with Crippen LogP contribution in [0.3, 0.4) is 0 Å². The highest BCUT2D eigenvalue weighted by Gasteiger charge is 2.31. The summed E-state index contributed by atoms with van der Waals surface area (Å²) in [7, 11) is 1.64. The highest BCUT2D eigenvalue weighted by Crippen LogP contribution is 2.38. The molecule has 0 radical (unpaired) electrons. The van der Waals surface area contributed by atoms with Gasteiger partial charge in [0.1, 0.15) is 11.6 Å². The van der Waals surface area contributed by atoms with Crippen LogP contribution in [0.1, 0.15) is 41.6 Å². The van der Waals surface area contributed by atoms with E-state index >= 15 is 0 Å². The highest BCUT2D eigenvalue weighted by molar-refractivity contribution is 5.89. The fraction of sp³-hybridized carbons (Fsp3) is 0.222. The zero-order valence-electron chi connectivity index (χ0n) is 19.3. The van der Waals surface area contributed by atoms with Crippen LogP contribution < -0.4 is 15.4 Å². The summed E-state index contributed by atoms with van der Waals surface area (Å²) in [6, 6.07) is 23.9. The molecule has 0 saturated heterocycles. The van der Waals surface area contributed by atoms with Gasteiger partial charge in [0.15, 0.2) is 0 Å². The van der Waals surface area contributed by atoms with E-state index in [-0.39, 0.29) is 29.8 Å². The average molecular weight is 472 g/mol. The van der Waals surface area contributed by atoms with Crippen molar-refractivity contribution >= 4 is 17.8 Å². The Morgan fingerprint density at radius 3 is 2.49 bits per heavy atom. The number of nitrogens with zero attached hydrogens (tertiary/aromatic N) is 3. The molecule has 0 aliphatic carbocycles. The van der Waals surface area contributed by atoms with Crippen molar-refractivity contribution < 1.29 is 13.9 Å². The molecular weight excluding hydrogens is 445 g/mol. The molecule has 3 aromatic carbocycles. The van der Waals surface area contributed by atoms with E-state index in [0.29, 0.717) is 25.2 Å². The second-order valence-electron chi connectivity index (χ2n) is 8.51. The lowest BCUT2D eigenvalue weighted by Crippen LogP contribution is -2.28. The van der Waals surface area contributed by atoms with Crippen molar-refractivity contribution in [3.05, 3.63) is 101 Å². The van der Waals surface area contributed by atoms with E-state index in [4.69, 9.17) is 4.74 Å². The van der Waals surface area contributed by atoms with Crippen LogP contribution in [-0.2, 0) is 11.2 Å². The quantitative estimate of drug-likeness (QED) is 0.390. The number of amides is 1. The van der Waals surface area contributed by atoms with Crippen molar-refractivity contribution in [3.63, 3.8) is 0 Å². The zero-order valence-corrected chi connectivity index (χ0v) is 19.3. The molecular formula is C27H26FN5O2. The van der Waals surface area contributed by atoms with Crippen LogP contribution in [0.4, 0.5) is 16.3 Å². The van der Waals surface area contributed by atoms with Gasteiger partial charge >= 0.3 is 0 Å². The Bertz CT molecular complexity index is 1290. The first-order valence-electron chi connectivity index (χ1n) is 11.6. The second-order valence-corrected chi connectivity index (χ2v) is 8.51. The van der Waals surface area contributed by atoms with Gasteiger partial charge in [-0.05, 0) is 53.8 Å². The van der Waals surface area contributed by atoms with E-state index in [1.165, 1.54) is 12.1 Å². The lowest BCUT2D eigenvalue weighted by molar-refractivity contribution is -0.116. The number of nitrogens with one attached hydrogen (secondary N) is 2. The molecule has 35 heavy (non-hydrogen) atoms. The van der Waals surface area contributed by atoms with Gasteiger partial charge in [0, 0.05) is 6.42 Å². The van der Waals surface area contributed by atoms with Crippen LogP contribution in [0.5, 0.6) is 5.75 Å². The number of fused-ring (bicyclic) bond motifs is 1. The van der Waals surface area contributed by atoms with Crippen LogP contribution in [0, 0.1) is 5.82 Å². The van der Waals surface area contributed by atoms with Crippen LogP contribution in [0.2, 0.25) is 0 Å². The van der Waals surface area contributed by atoms with E-state index in [1.807, 2.05) is 54.6 Å². The Balaban J connectivity index is 1.38. The predicted octanol–water partition coefficient (Wildman–Crippen LogP) is 5.14. The molecule has 178 valence electrons. The monoisotopic (exact) mass is 471 g/mol. The first-order chi connectivity index (χ1) is 17.1. The molecule has 1 amide bonds. The summed E-state index contributed by atoms with van der Waals surface area (Å²) >= 11 is 0. The maximum atomic E-state index is 13.6. The molecule has 5 rings (SSSR count). The molecule has 1 aliphatic rings. The second kappa shape index (κ2) is 9.97. The number of anilines is 2. The van der Waals surface area contributed by atoms with Gasteiger partial charge in [-0.15, -0.1) is 5.10 Å². The van der Waals surface area contributed by atoms with Gasteiger partial charge in [0.25, 0.3) is 5.95 Å². The number of methoxy groups -OCH3 is 1. The van der Waals surface area contributed by atoms with E-state index in [2.05, 4.69) is 20.7 Å². The summed E-state index contributed by atoms with van der Waals surface area (Å²) in [5.74, 6) is 1.13. The molecule has 1 aromatic heterocycles. The summed E-state index contributed by atoms with van der Waals surface area (Å²) in [5, 5.41) is 10.8. The molecule has 0 unspecified atom stereocenters. The minimum absolute atomic E-state index is 0.0470. The normalized spacial score (nSPS) is 16.7. The maximum absolute atomic E-state index is 13.6. The first kappa shape index (κ1) is 22.6. The molecule has 0 fully saturated rings. The number of hydrogen-bond acceptors (Lipinski definition) is 5. The number of aromatic nitrogens is 3. The molecule has 7 nitrogen and oxygen atoms in total. The van der Waals surface area contributed by atoms with E-state index in [0.717, 1.165) is 22.4 Å². The smallest absolute Gasteiger partial charge is 0.250 e. The fourth-order valence-corrected chi connectivity index (χ4v) is 4.34. The van der Waals surface area contributed by atoms with Gasteiger partial charge in [0.05, 0.1) is 19.2 Å². The number of hydrogen-bond donors (Lipinski definition) is 2. The van der Waals surface area contributed by atoms with Crippen molar-refractivity contribution in [2.45, 2.75) is 31.3 Å². The topological polar surface area (TPSA) is 81.1 Å². The lowest BCUT2D eigenvalue weighted by atomic mass is 9.93. The largest absolute Gasteiger partial charge is 0.497 e. The first-order valence-corrected chi connectivity index (χ1v) is 11.6. The Kier molecular flexibility index (Phi) is 6.43. The van der Waals surface area contributed by atoms with Crippen LogP contribution in [0.15, 0.2) is 78.9 Å². The molecule has 0 spiro atoms. The summed E-state index contributed by atoms with van der Waals surface area (Å²) in [5.41, 5.74) is 3.08. The Hall–Kier alpha value is -4.20. The van der Waals surface area contributed by atoms with Gasteiger partial charge in [-0.1, -0.05) is 54.6 Å². The van der Waals surface area contributed by atoms with Crippen molar-refractivity contribution in [3.8, 4) is 5.75 Å². The van der Waals surface area contributed by atoms with Gasteiger partial charge in [-0.25, -0.2) is 9.07 Å². The zero-order chi connectivity index (χ0) is 24.2. The minimum Gasteiger partial charge on any atom is -0.497 e. The van der Waals surface area contributed by atoms with E-state index in [1.54, 1.807) is 23.9 Å². The fourth-order valence-electron chi connectivity index (χ4n) is 4.34. The maximum Gasteiger partial charge on any atom is 0.250 e. The molecule has 4 aromatic rings. The van der Waals surface area contributed by atoms with Crippen LogP contribution in [0.25, 0.3) is 0 Å². The Labute approximate surface area is 203 Å². The van der Waals surface area contributed by atoms with Crippen molar-refractivity contribution in [2.24, 2.45) is 0 Å². The predicted molar refractivity (Wildman–Crippen MR) is 132 cm³/mol. The molecule has 0 saturated carbocycles. The SMILES string of the molecule is COc1ccc([C@@H]2C[C@@H](c3ccc(F)cc3)n3nc(NC(=O)CCc4ccccc4)nc3N2)cc1. The number of rotatable bonds is 7. The highest BCUT2D eigenvalue weighted by atomic mass is 19.1. The van der Waals surface area contributed by atoms with Crippen molar-refractivity contribution in [1.29, 1.82) is 0 Å². The Morgan fingerprint density at radius 2 is 1.77 bits per heavy atom. The third-order valence-electron chi connectivity index (χ3n) is 6.20. The third-order valence-corrected chi connectivity index (χ3v) is 6.20. The number of aryl methyl sites for hydroxylation is 1. The minimum atomic E-state index is -0.292. The summed E-state index contributed by atoms with van der Waals surface area (Å²) in [6.07, 6.45) is 1.64. The van der Waals surface area contributed by atoms with Gasteiger partial charge in [0.2, 0.25) is 11.9 Å². The number of ether oxygens (including phenoxy) is 1. The number of carbonyl (C=O) groups excluding carboxylic acids is 1. The van der Waals surface area contributed by atoms with E-state index in [9.17, 15) is 9.18 Å². The van der Waals surface area contributed by atoms with Gasteiger partial charge < -0.3 is 10.1 Å². The molecule has 0 bridgehead atoms. The Morgan fingerprint density at radius 1 is 1.06 bits per heavy atom. The number of benzene rings is 3. The molecule has 1 aliphatic heterocycles. The summed E-state index contributed by atoms with van der Waals surface area (Å²) in [4.78, 5) is 17.1. The molecule has 2 heterocycles. The van der Waals surface area contributed by atoms with Crippen LogP contribution >= 0.6 is 0 Å². The molecule has 2 N–H and O–H groups in total. The van der Waals surface area contributed by atoms with Crippen molar-refractivity contribution in [2.75, 3.05) is 17.7 Å². The number of carbonyl (C=O) groups is 1. The lowest BCUT2D eigenvalue weighted by Gasteiger charge is -2.31. The summed E-state index contributed by atoms with van der Waals surface area (Å²) in [6.45, 7) is 0. The standard InChI is InChI=1S/C27H26FN5O2/c1-35-22-14-10-19(11-15-22)23-17-24(20-8-12-21(28)13-9-20)33-27(29-23)31-26(32-33)30-25(34)16-7-18-5-3-2-4-6-18/h2-6,8-15,23-24H,7,16-17H2,1H3,(H2,29,30,31,32,34)/t23-,24-/m0/s1. The summed E-state index contributed by atoms with van der Waals surface area (Å²) < 4.78 is 20.6. The van der Waals surface area contributed by atoms with Gasteiger partial charge in [-0.3, -0.25) is 10.1 Å². The average Bonchev–Trinajstić information content (AvgIpc) is 3.30.